The second kappa shape index (κ2) is 4.00. The summed E-state index contributed by atoms with van der Waals surface area (Å²) in [6.07, 6.45) is 1.76. The Morgan fingerprint density at radius 2 is 1.76 bits per heavy atom. The van der Waals surface area contributed by atoms with Gasteiger partial charge in [0.1, 0.15) is 5.82 Å². The van der Waals surface area contributed by atoms with Gasteiger partial charge in [-0.1, -0.05) is 0 Å². The third-order valence-electron chi connectivity index (χ3n) is 3.57. The van der Waals surface area contributed by atoms with Gasteiger partial charge in [-0.3, -0.25) is 0 Å². The largest absolute Gasteiger partial charge is 0.495 e. The summed E-state index contributed by atoms with van der Waals surface area (Å²) in [5.74, 6) is 0.817. The molecule has 1 aliphatic rings. The van der Waals surface area contributed by atoms with E-state index in [1.165, 1.54) is 0 Å². The molecule has 0 radical (unpaired) electrons. The first kappa shape index (κ1) is 12.4. The lowest BCUT2D eigenvalue weighted by molar-refractivity contribution is 0.00578. The van der Waals surface area contributed by atoms with Crippen molar-refractivity contribution in [2.45, 2.75) is 38.9 Å². The van der Waals surface area contributed by atoms with Gasteiger partial charge in [-0.2, -0.15) is 0 Å². The average Bonchev–Trinajstić information content (AvgIpc) is 2.48. The van der Waals surface area contributed by atoms with Crippen molar-refractivity contribution >= 4 is 18.4 Å². The molecule has 0 aliphatic carbocycles. The van der Waals surface area contributed by atoms with Crippen LogP contribution >= 0.6 is 0 Å². The fraction of sp³-hybridized carbons (Fsp3) is 0.583. The number of nitrogens with one attached hydrogen (secondary N) is 1. The molecular formula is C12H19BN2O2. The van der Waals surface area contributed by atoms with E-state index in [0.29, 0.717) is 0 Å². The van der Waals surface area contributed by atoms with Gasteiger partial charge < -0.3 is 14.6 Å². The van der Waals surface area contributed by atoms with E-state index in [2.05, 4.69) is 10.3 Å². The second-order valence-electron chi connectivity index (χ2n) is 5.31. The minimum Gasteiger partial charge on any atom is -0.399 e. The minimum atomic E-state index is -0.324. The zero-order valence-corrected chi connectivity index (χ0v) is 11.1. The van der Waals surface area contributed by atoms with E-state index < -0.39 is 0 Å². The molecule has 0 saturated carbocycles. The third-order valence-corrected chi connectivity index (χ3v) is 3.57. The zero-order chi connectivity index (χ0) is 12.7. The highest BCUT2D eigenvalue weighted by Crippen LogP contribution is 2.36. The predicted octanol–water partition coefficient (Wildman–Crippen LogP) is 1.42. The van der Waals surface area contributed by atoms with Gasteiger partial charge in [0.25, 0.3) is 0 Å². The summed E-state index contributed by atoms with van der Waals surface area (Å²) in [6.45, 7) is 8.20. The first-order chi connectivity index (χ1) is 7.86. The Bertz CT molecular complexity index is 405. The van der Waals surface area contributed by atoms with Gasteiger partial charge in [-0.05, 0) is 45.3 Å². The Hall–Kier alpha value is -1.07. The molecule has 1 aliphatic heterocycles. The second-order valence-corrected chi connectivity index (χ2v) is 5.31. The molecule has 1 aromatic heterocycles. The molecule has 17 heavy (non-hydrogen) atoms. The van der Waals surface area contributed by atoms with Crippen LogP contribution in [0, 0.1) is 0 Å². The first-order valence-electron chi connectivity index (χ1n) is 5.85. The van der Waals surface area contributed by atoms with Gasteiger partial charge in [0.2, 0.25) is 0 Å². The lowest BCUT2D eigenvalue weighted by atomic mass is 9.80. The van der Waals surface area contributed by atoms with Crippen LogP contribution in [0.25, 0.3) is 0 Å². The van der Waals surface area contributed by atoms with Crippen LogP contribution < -0.4 is 10.8 Å². The van der Waals surface area contributed by atoms with Gasteiger partial charge in [-0.15, -0.1) is 0 Å². The summed E-state index contributed by atoms with van der Waals surface area (Å²) in [5, 5.41) is 3.01. The highest BCUT2D eigenvalue weighted by Gasteiger charge is 2.51. The smallest absolute Gasteiger partial charge is 0.399 e. The molecule has 1 N–H and O–H groups in total. The topological polar surface area (TPSA) is 43.4 Å². The molecule has 2 rings (SSSR count). The number of hydrogen-bond donors (Lipinski definition) is 1. The molecule has 0 amide bonds. The van der Waals surface area contributed by atoms with Gasteiger partial charge >= 0.3 is 7.12 Å². The van der Waals surface area contributed by atoms with Crippen LogP contribution in [0.1, 0.15) is 27.7 Å². The van der Waals surface area contributed by atoms with Crippen molar-refractivity contribution in [1.82, 2.24) is 4.98 Å². The predicted molar refractivity (Wildman–Crippen MR) is 69.5 cm³/mol. The maximum absolute atomic E-state index is 5.97. The van der Waals surface area contributed by atoms with E-state index in [9.17, 15) is 0 Å². The molecule has 92 valence electrons. The first-order valence-corrected chi connectivity index (χ1v) is 5.85. The quantitative estimate of drug-likeness (QED) is 0.786. The van der Waals surface area contributed by atoms with Crippen molar-refractivity contribution in [3.63, 3.8) is 0 Å². The van der Waals surface area contributed by atoms with E-state index in [1.54, 1.807) is 6.20 Å². The van der Waals surface area contributed by atoms with Crippen molar-refractivity contribution in [2.24, 2.45) is 0 Å². The minimum absolute atomic E-state index is 0.305. The van der Waals surface area contributed by atoms with E-state index >= 15 is 0 Å². The van der Waals surface area contributed by atoms with Gasteiger partial charge in [-0.25, -0.2) is 4.98 Å². The molecule has 0 unspecified atom stereocenters. The Morgan fingerprint density at radius 1 is 1.18 bits per heavy atom. The highest BCUT2D eigenvalue weighted by molar-refractivity contribution is 6.62. The monoisotopic (exact) mass is 234 g/mol. The summed E-state index contributed by atoms with van der Waals surface area (Å²) >= 11 is 0. The normalized spacial score (nSPS) is 21.6. The van der Waals surface area contributed by atoms with Gasteiger partial charge in [0.05, 0.1) is 11.2 Å². The molecule has 0 bridgehead atoms. The average molecular weight is 234 g/mol. The summed E-state index contributed by atoms with van der Waals surface area (Å²) in [5.41, 5.74) is 0.379. The number of hydrogen-bond acceptors (Lipinski definition) is 4. The number of pyridine rings is 1. The maximum atomic E-state index is 5.97. The van der Waals surface area contributed by atoms with Crippen molar-refractivity contribution < 1.29 is 9.31 Å². The fourth-order valence-electron chi connectivity index (χ4n) is 1.71. The summed E-state index contributed by atoms with van der Waals surface area (Å²) in [4.78, 5) is 4.18. The lowest BCUT2D eigenvalue weighted by Crippen LogP contribution is -2.41. The molecule has 5 heteroatoms. The van der Waals surface area contributed by atoms with E-state index in [1.807, 2.05) is 46.9 Å². The Labute approximate surface area is 103 Å². The standard InChI is InChI=1S/C12H19BN2O2/c1-11(2)12(3,4)17-13(16-11)9-6-7-15-10(8-9)14-5/h6-8H,1-5H3,(H,14,15). The van der Waals surface area contributed by atoms with E-state index in [0.717, 1.165) is 11.3 Å². The van der Waals surface area contributed by atoms with Gasteiger partial charge in [0.15, 0.2) is 0 Å². The molecule has 0 aromatic carbocycles. The van der Waals surface area contributed by atoms with Gasteiger partial charge in [0, 0.05) is 13.2 Å². The van der Waals surface area contributed by atoms with Crippen molar-refractivity contribution in [3.05, 3.63) is 18.3 Å². The van der Waals surface area contributed by atoms with E-state index in [4.69, 9.17) is 9.31 Å². The number of nitrogens with zero attached hydrogens (tertiary/aromatic N) is 1. The molecule has 1 saturated heterocycles. The van der Waals surface area contributed by atoms with Crippen LogP contribution in [0.5, 0.6) is 0 Å². The molecule has 1 fully saturated rings. The summed E-state index contributed by atoms with van der Waals surface area (Å²) in [7, 11) is 1.52. The molecule has 1 aromatic rings. The van der Waals surface area contributed by atoms with Crippen molar-refractivity contribution in [2.75, 3.05) is 12.4 Å². The Balaban J connectivity index is 2.25. The van der Waals surface area contributed by atoms with Crippen LogP contribution in [0.3, 0.4) is 0 Å². The van der Waals surface area contributed by atoms with Crippen LogP contribution in [0.4, 0.5) is 5.82 Å². The highest BCUT2D eigenvalue weighted by atomic mass is 16.7. The maximum Gasteiger partial charge on any atom is 0.495 e. The Morgan fingerprint density at radius 3 is 2.29 bits per heavy atom. The third kappa shape index (κ3) is 2.17. The van der Waals surface area contributed by atoms with Crippen molar-refractivity contribution in [1.29, 1.82) is 0 Å². The summed E-state index contributed by atoms with van der Waals surface area (Å²) < 4.78 is 11.9. The van der Waals surface area contributed by atoms with Crippen LogP contribution in [-0.2, 0) is 9.31 Å². The summed E-state index contributed by atoms with van der Waals surface area (Å²) in [6, 6.07) is 3.87. The number of anilines is 1. The van der Waals surface area contributed by atoms with Crippen molar-refractivity contribution in [3.8, 4) is 0 Å². The molecule has 4 nitrogen and oxygen atoms in total. The number of aromatic nitrogens is 1. The van der Waals surface area contributed by atoms with Crippen LogP contribution in [0.2, 0.25) is 0 Å². The Kier molecular flexibility index (Phi) is 2.91. The SMILES string of the molecule is CNc1cc(B2OC(C)(C)C(C)(C)O2)ccn1. The van der Waals surface area contributed by atoms with Crippen LogP contribution in [0.15, 0.2) is 18.3 Å². The fourth-order valence-corrected chi connectivity index (χ4v) is 1.71. The molecule has 0 atom stereocenters. The molecule has 2 heterocycles. The van der Waals surface area contributed by atoms with E-state index in [-0.39, 0.29) is 18.3 Å². The molecular weight excluding hydrogens is 215 g/mol. The molecule has 0 spiro atoms. The number of rotatable bonds is 2. The zero-order valence-electron chi connectivity index (χ0n) is 11.1. The van der Waals surface area contributed by atoms with Crippen LogP contribution in [-0.4, -0.2) is 30.4 Å². The lowest BCUT2D eigenvalue weighted by Gasteiger charge is -2.32.